The van der Waals surface area contributed by atoms with Gasteiger partial charge in [-0.15, -0.1) is 0 Å². The second-order valence-electron chi connectivity index (χ2n) is 8.93. The Hall–Kier alpha value is -3.32. The lowest BCUT2D eigenvalue weighted by atomic mass is 10.1. The minimum Gasteiger partial charge on any atom is -0.342 e. The van der Waals surface area contributed by atoms with E-state index in [1.165, 1.54) is 11.1 Å². The average molecular weight is 474 g/mol. The Morgan fingerprint density at radius 3 is 2.62 bits per heavy atom. The molecule has 0 unspecified atom stereocenters. The Bertz CT molecular complexity index is 1300. The second-order valence-corrected chi connectivity index (χ2v) is 9.92. The molecule has 3 aromatic rings. The topological polar surface area (TPSA) is 62.6 Å². The number of hydrogen-bond donors (Lipinski definition) is 0. The van der Waals surface area contributed by atoms with Gasteiger partial charge in [-0.3, -0.25) is 19.3 Å². The fourth-order valence-corrected chi connectivity index (χ4v) is 5.51. The van der Waals surface area contributed by atoms with Crippen molar-refractivity contribution in [2.24, 2.45) is 0 Å². The first-order chi connectivity index (χ1) is 16.5. The molecule has 1 aromatic heterocycles. The van der Waals surface area contributed by atoms with Gasteiger partial charge in [0.15, 0.2) is 0 Å². The van der Waals surface area contributed by atoms with Crippen LogP contribution in [0, 0.1) is 6.92 Å². The third-order valence-electron chi connectivity index (χ3n) is 6.42. The van der Waals surface area contributed by atoms with Crippen molar-refractivity contribution in [3.63, 3.8) is 0 Å². The molecule has 0 aliphatic carbocycles. The maximum absolute atomic E-state index is 13.0. The molecule has 6 nitrogen and oxygen atoms in total. The Labute approximate surface area is 203 Å². The zero-order chi connectivity index (χ0) is 23.7. The van der Waals surface area contributed by atoms with Crippen LogP contribution in [-0.2, 0) is 16.1 Å². The standard InChI is InChI=1S/C27H27N3O3S/c1-19-8-7-9-20(14-19)16-29-17-21(22-10-3-4-11-23(22)29)15-24-26(32)30(27(33)34-24)18-25(31)28-12-5-2-6-13-28/h3-4,7-11,14-15,17H,2,5-6,12-13,16,18H2,1H3/b24-15-. The molecule has 34 heavy (non-hydrogen) atoms. The summed E-state index contributed by atoms with van der Waals surface area (Å²) in [7, 11) is 0. The fraction of sp³-hybridized carbons (Fsp3) is 0.296. The van der Waals surface area contributed by atoms with E-state index in [0.29, 0.717) is 24.5 Å². The maximum atomic E-state index is 13.0. The number of hydrogen-bond acceptors (Lipinski definition) is 4. The van der Waals surface area contributed by atoms with E-state index in [-0.39, 0.29) is 17.7 Å². The molecule has 0 atom stereocenters. The quantitative estimate of drug-likeness (QED) is 0.487. The summed E-state index contributed by atoms with van der Waals surface area (Å²) in [6, 6.07) is 16.5. The zero-order valence-corrected chi connectivity index (χ0v) is 20.0. The van der Waals surface area contributed by atoms with Crippen LogP contribution in [0.4, 0.5) is 4.79 Å². The van der Waals surface area contributed by atoms with Crippen LogP contribution in [-0.4, -0.2) is 51.1 Å². The molecule has 0 spiro atoms. The molecule has 0 saturated carbocycles. The number of piperidine rings is 1. The molecule has 3 heterocycles. The van der Waals surface area contributed by atoms with Gasteiger partial charge in [0.05, 0.1) is 4.91 Å². The van der Waals surface area contributed by atoms with Crippen LogP contribution in [0.15, 0.2) is 59.6 Å². The van der Waals surface area contributed by atoms with Crippen LogP contribution in [0.3, 0.4) is 0 Å². The number of benzene rings is 2. The summed E-state index contributed by atoms with van der Waals surface area (Å²) in [5.74, 6) is -0.547. The number of aryl methyl sites for hydroxylation is 1. The Morgan fingerprint density at radius 1 is 1.03 bits per heavy atom. The smallest absolute Gasteiger partial charge is 0.294 e. The summed E-state index contributed by atoms with van der Waals surface area (Å²) in [6.45, 7) is 4.00. The van der Waals surface area contributed by atoms with Gasteiger partial charge in [0.1, 0.15) is 6.54 Å². The number of thioether (sulfide) groups is 1. The van der Waals surface area contributed by atoms with Crippen molar-refractivity contribution in [1.82, 2.24) is 14.4 Å². The van der Waals surface area contributed by atoms with Gasteiger partial charge in [0, 0.05) is 42.3 Å². The Morgan fingerprint density at radius 2 is 1.82 bits per heavy atom. The van der Waals surface area contributed by atoms with E-state index in [0.717, 1.165) is 52.4 Å². The van der Waals surface area contributed by atoms with E-state index in [1.807, 2.05) is 24.4 Å². The number of imide groups is 1. The summed E-state index contributed by atoms with van der Waals surface area (Å²) < 4.78 is 2.17. The third kappa shape index (κ3) is 4.53. The number of carbonyl (C=O) groups excluding carboxylic acids is 3. The summed E-state index contributed by atoms with van der Waals surface area (Å²) in [6.07, 6.45) is 6.87. The molecule has 174 valence electrons. The minimum atomic E-state index is -0.393. The molecular formula is C27H27N3O3S. The first-order valence-corrected chi connectivity index (χ1v) is 12.5. The number of rotatable bonds is 5. The number of nitrogens with zero attached hydrogens (tertiary/aromatic N) is 3. The summed E-state index contributed by atoms with van der Waals surface area (Å²) in [5.41, 5.74) is 4.36. The van der Waals surface area contributed by atoms with Crippen molar-refractivity contribution in [2.75, 3.05) is 19.6 Å². The number of carbonyl (C=O) groups is 3. The van der Waals surface area contributed by atoms with E-state index in [2.05, 4.69) is 41.8 Å². The molecule has 0 bridgehead atoms. The molecule has 3 amide bonds. The van der Waals surface area contributed by atoms with Gasteiger partial charge >= 0.3 is 0 Å². The van der Waals surface area contributed by atoms with Gasteiger partial charge in [-0.05, 0) is 55.7 Å². The van der Waals surface area contributed by atoms with Gasteiger partial charge in [-0.2, -0.15) is 0 Å². The molecule has 2 fully saturated rings. The van der Waals surface area contributed by atoms with Crippen molar-refractivity contribution in [1.29, 1.82) is 0 Å². The van der Waals surface area contributed by atoms with Crippen LogP contribution < -0.4 is 0 Å². The fourth-order valence-electron chi connectivity index (χ4n) is 4.68. The summed E-state index contributed by atoms with van der Waals surface area (Å²) in [5, 5.41) is 0.636. The molecule has 7 heteroatoms. The first kappa shape index (κ1) is 22.5. The van der Waals surface area contributed by atoms with Crippen molar-refractivity contribution in [2.45, 2.75) is 32.7 Å². The SMILES string of the molecule is Cc1cccc(Cn2cc(/C=C3\SC(=O)N(CC(=O)N4CCCCC4)C3=O)c3ccccc32)c1. The number of para-hydroxylation sites is 1. The number of fused-ring (bicyclic) bond motifs is 1. The lowest BCUT2D eigenvalue weighted by molar-refractivity contribution is -0.136. The highest BCUT2D eigenvalue weighted by molar-refractivity contribution is 8.18. The minimum absolute atomic E-state index is 0.155. The number of amides is 3. The molecule has 2 aliphatic rings. The molecule has 2 aromatic carbocycles. The predicted octanol–water partition coefficient (Wildman–Crippen LogP) is 5.05. The summed E-state index contributed by atoms with van der Waals surface area (Å²) >= 11 is 0.908. The zero-order valence-electron chi connectivity index (χ0n) is 19.2. The van der Waals surface area contributed by atoms with Gasteiger partial charge in [-0.1, -0.05) is 48.0 Å². The molecule has 2 saturated heterocycles. The Kier molecular flexibility index (Phi) is 6.28. The summed E-state index contributed by atoms with van der Waals surface area (Å²) in [4.78, 5) is 41.5. The highest BCUT2D eigenvalue weighted by Gasteiger charge is 2.37. The third-order valence-corrected chi connectivity index (χ3v) is 7.32. The normalized spacial score (nSPS) is 17.9. The Balaban J connectivity index is 1.40. The van der Waals surface area contributed by atoms with Crippen LogP contribution in [0.2, 0.25) is 0 Å². The molecule has 5 rings (SSSR count). The second kappa shape index (κ2) is 9.50. The monoisotopic (exact) mass is 473 g/mol. The molecular weight excluding hydrogens is 446 g/mol. The number of aromatic nitrogens is 1. The first-order valence-electron chi connectivity index (χ1n) is 11.7. The van der Waals surface area contributed by atoms with E-state index in [1.54, 1.807) is 11.0 Å². The predicted molar refractivity (Wildman–Crippen MR) is 135 cm³/mol. The number of likely N-dealkylation sites (tertiary alicyclic amines) is 1. The van der Waals surface area contributed by atoms with Crippen molar-refractivity contribution < 1.29 is 14.4 Å². The van der Waals surface area contributed by atoms with Gasteiger partial charge < -0.3 is 9.47 Å². The van der Waals surface area contributed by atoms with E-state index >= 15 is 0 Å². The van der Waals surface area contributed by atoms with Crippen LogP contribution in [0.1, 0.15) is 36.0 Å². The molecule has 0 N–H and O–H groups in total. The van der Waals surface area contributed by atoms with Crippen LogP contribution >= 0.6 is 11.8 Å². The van der Waals surface area contributed by atoms with Crippen molar-refractivity contribution in [3.8, 4) is 0 Å². The van der Waals surface area contributed by atoms with Crippen LogP contribution in [0.25, 0.3) is 17.0 Å². The largest absolute Gasteiger partial charge is 0.342 e. The molecule has 2 aliphatic heterocycles. The van der Waals surface area contributed by atoms with Crippen molar-refractivity contribution in [3.05, 3.63) is 76.3 Å². The average Bonchev–Trinajstić information content (AvgIpc) is 3.31. The van der Waals surface area contributed by atoms with E-state index in [9.17, 15) is 14.4 Å². The van der Waals surface area contributed by atoms with Gasteiger partial charge in [-0.25, -0.2) is 0 Å². The lowest BCUT2D eigenvalue weighted by Gasteiger charge is -2.27. The van der Waals surface area contributed by atoms with E-state index in [4.69, 9.17) is 0 Å². The van der Waals surface area contributed by atoms with E-state index < -0.39 is 5.91 Å². The lowest BCUT2D eigenvalue weighted by Crippen LogP contribution is -2.44. The maximum Gasteiger partial charge on any atom is 0.294 e. The highest BCUT2D eigenvalue weighted by Crippen LogP contribution is 2.34. The highest BCUT2D eigenvalue weighted by atomic mass is 32.2. The van der Waals surface area contributed by atoms with Crippen molar-refractivity contribution >= 4 is 45.8 Å². The van der Waals surface area contributed by atoms with Crippen LogP contribution in [0.5, 0.6) is 0 Å². The van der Waals surface area contributed by atoms with Gasteiger partial charge in [0.2, 0.25) is 5.91 Å². The van der Waals surface area contributed by atoms with Gasteiger partial charge in [0.25, 0.3) is 11.1 Å². The molecule has 0 radical (unpaired) electrons.